The first kappa shape index (κ1) is 21.5. The predicted molar refractivity (Wildman–Crippen MR) is 102 cm³/mol. The second-order valence-electron chi connectivity index (χ2n) is 6.80. The van der Waals surface area contributed by atoms with Gasteiger partial charge in [-0.15, -0.1) is 13.2 Å². The third kappa shape index (κ3) is 6.40. The van der Waals surface area contributed by atoms with Gasteiger partial charge >= 0.3 is 6.36 Å². The second-order valence-corrected chi connectivity index (χ2v) is 6.80. The molecule has 0 spiro atoms. The van der Waals surface area contributed by atoms with E-state index >= 15 is 0 Å². The maximum atomic E-state index is 12.2. The van der Waals surface area contributed by atoms with Gasteiger partial charge in [0.05, 0.1) is 12.6 Å². The fourth-order valence-corrected chi connectivity index (χ4v) is 3.27. The number of aryl methyl sites for hydroxylation is 1. The summed E-state index contributed by atoms with van der Waals surface area (Å²) in [5.74, 6) is -1.02. The molecule has 1 unspecified atom stereocenters. The molecule has 0 radical (unpaired) electrons. The maximum Gasteiger partial charge on any atom is 0.573 e. The molecule has 0 fully saturated rings. The molecule has 6 nitrogen and oxygen atoms in total. The van der Waals surface area contributed by atoms with Crippen LogP contribution in [0, 0.1) is 0 Å². The van der Waals surface area contributed by atoms with Crippen molar-refractivity contribution in [3.8, 4) is 11.5 Å². The van der Waals surface area contributed by atoms with Crippen molar-refractivity contribution >= 4 is 11.8 Å². The quantitative estimate of drug-likeness (QED) is 0.718. The maximum absolute atomic E-state index is 12.2. The number of carbonyl (C=O) groups excluding carboxylic acids is 2. The fourth-order valence-electron chi connectivity index (χ4n) is 3.27. The van der Waals surface area contributed by atoms with Crippen molar-refractivity contribution in [1.29, 1.82) is 0 Å². The van der Waals surface area contributed by atoms with Gasteiger partial charge in [-0.1, -0.05) is 24.3 Å². The molecule has 0 aliphatic heterocycles. The Balaban J connectivity index is 1.40. The minimum absolute atomic E-state index is 0.0759. The summed E-state index contributed by atoms with van der Waals surface area (Å²) in [6, 6.07) is 12.5. The van der Waals surface area contributed by atoms with Crippen LogP contribution in [0.5, 0.6) is 11.5 Å². The van der Waals surface area contributed by atoms with Gasteiger partial charge < -0.3 is 20.1 Å². The molecule has 1 aliphatic rings. The topological polar surface area (TPSA) is 76.7 Å². The number of rotatable bonds is 7. The standard InChI is InChI=1S/C21H21F3N2O4/c22-21(23,24)30-16-10-8-15(9-11-16)29-13-20(28)25-12-19(27)26-18-7-3-5-14-4-1-2-6-17(14)18/h1-2,4,6,8-11,18H,3,5,7,12-13H2,(H,25,28)(H,26,27). The first-order chi connectivity index (χ1) is 14.3. The van der Waals surface area contributed by atoms with Gasteiger partial charge in [0.15, 0.2) is 6.61 Å². The highest BCUT2D eigenvalue weighted by Gasteiger charge is 2.31. The van der Waals surface area contributed by atoms with E-state index in [0.29, 0.717) is 0 Å². The van der Waals surface area contributed by atoms with Crippen molar-refractivity contribution in [3.05, 3.63) is 59.7 Å². The van der Waals surface area contributed by atoms with Crippen LogP contribution in [0.4, 0.5) is 13.2 Å². The molecule has 160 valence electrons. The summed E-state index contributed by atoms with van der Waals surface area (Å²) in [5, 5.41) is 5.39. The van der Waals surface area contributed by atoms with Gasteiger partial charge in [-0.25, -0.2) is 0 Å². The average molecular weight is 422 g/mol. The van der Waals surface area contributed by atoms with Crippen LogP contribution >= 0.6 is 0 Å². The van der Waals surface area contributed by atoms with Crippen LogP contribution < -0.4 is 20.1 Å². The van der Waals surface area contributed by atoms with Crippen molar-refractivity contribution in [2.24, 2.45) is 0 Å². The van der Waals surface area contributed by atoms with E-state index in [0.717, 1.165) is 37.0 Å². The number of halogens is 3. The molecule has 3 rings (SSSR count). The van der Waals surface area contributed by atoms with Crippen LogP contribution in [-0.4, -0.2) is 31.3 Å². The van der Waals surface area contributed by atoms with Crippen molar-refractivity contribution in [1.82, 2.24) is 10.6 Å². The summed E-state index contributed by atoms with van der Waals surface area (Å²) in [6.45, 7) is -0.571. The van der Waals surface area contributed by atoms with Crippen LogP contribution in [-0.2, 0) is 16.0 Å². The minimum atomic E-state index is -4.78. The third-order valence-electron chi connectivity index (χ3n) is 4.58. The number of hydrogen-bond acceptors (Lipinski definition) is 4. The highest BCUT2D eigenvalue weighted by Crippen LogP contribution is 2.29. The predicted octanol–water partition coefficient (Wildman–Crippen LogP) is 3.27. The summed E-state index contributed by atoms with van der Waals surface area (Å²) in [7, 11) is 0. The molecule has 0 saturated carbocycles. The zero-order chi connectivity index (χ0) is 21.6. The molecular formula is C21H21F3N2O4. The van der Waals surface area contributed by atoms with Crippen molar-refractivity contribution in [2.75, 3.05) is 13.2 Å². The zero-order valence-electron chi connectivity index (χ0n) is 16.0. The van der Waals surface area contributed by atoms with E-state index in [1.807, 2.05) is 18.2 Å². The molecule has 2 N–H and O–H groups in total. The Morgan fingerprint density at radius 3 is 2.43 bits per heavy atom. The Kier molecular flexibility index (Phi) is 6.81. The molecule has 0 saturated heterocycles. The van der Waals surface area contributed by atoms with Gasteiger partial charge in [0.2, 0.25) is 5.91 Å². The van der Waals surface area contributed by atoms with Gasteiger partial charge in [0.25, 0.3) is 5.91 Å². The molecule has 0 bridgehead atoms. The number of amides is 2. The van der Waals surface area contributed by atoms with Crippen LogP contribution in [0.15, 0.2) is 48.5 Å². The number of benzene rings is 2. The van der Waals surface area contributed by atoms with E-state index in [9.17, 15) is 22.8 Å². The molecule has 0 heterocycles. The fraction of sp³-hybridized carbons (Fsp3) is 0.333. The van der Waals surface area contributed by atoms with E-state index in [4.69, 9.17) is 4.74 Å². The molecule has 2 aromatic rings. The van der Waals surface area contributed by atoms with Crippen LogP contribution in [0.2, 0.25) is 0 Å². The van der Waals surface area contributed by atoms with Gasteiger partial charge in [-0.3, -0.25) is 9.59 Å². The number of carbonyl (C=O) groups is 2. The van der Waals surface area contributed by atoms with Crippen molar-refractivity contribution < 1.29 is 32.2 Å². The van der Waals surface area contributed by atoms with Gasteiger partial charge in [0.1, 0.15) is 11.5 Å². The van der Waals surface area contributed by atoms with E-state index in [1.165, 1.54) is 17.7 Å². The first-order valence-electron chi connectivity index (χ1n) is 9.42. The molecule has 1 atom stereocenters. The van der Waals surface area contributed by atoms with Gasteiger partial charge in [0, 0.05) is 0 Å². The Morgan fingerprint density at radius 2 is 1.70 bits per heavy atom. The van der Waals surface area contributed by atoms with E-state index in [1.54, 1.807) is 0 Å². The SMILES string of the molecule is O=C(COc1ccc(OC(F)(F)F)cc1)NCC(=O)NC1CCCc2ccccc21. The van der Waals surface area contributed by atoms with Crippen LogP contribution in [0.1, 0.15) is 30.0 Å². The highest BCUT2D eigenvalue weighted by molar-refractivity contribution is 5.85. The largest absolute Gasteiger partial charge is 0.573 e. The molecule has 30 heavy (non-hydrogen) atoms. The van der Waals surface area contributed by atoms with Crippen molar-refractivity contribution in [2.45, 2.75) is 31.7 Å². The number of fused-ring (bicyclic) bond motifs is 1. The number of ether oxygens (including phenoxy) is 2. The van der Waals surface area contributed by atoms with Crippen LogP contribution in [0.25, 0.3) is 0 Å². The summed E-state index contributed by atoms with van der Waals surface area (Å²) in [4.78, 5) is 24.1. The molecule has 0 aromatic heterocycles. The lowest BCUT2D eigenvalue weighted by Crippen LogP contribution is -2.40. The number of nitrogens with one attached hydrogen (secondary N) is 2. The Labute approximate surface area is 171 Å². The monoisotopic (exact) mass is 422 g/mol. The van der Waals surface area contributed by atoms with E-state index in [2.05, 4.69) is 21.4 Å². The number of hydrogen-bond donors (Lipinski definition) is 2. The zero-order valence-corrected chi connectivity index (χ0v) is 16.0. The number of alkyl halides is 3. The third-order valence-corrected chi connectivity index (χ3v) is 4.58. The minimum Gasteiger partial charge on any atom is -0.484 e. The van der Waals surface area contributed by atoms with E-state index in [-0.39, 0.29) is 36.6 Å². The highest BCUT2D eigenvalue weighted by atomic mass is 19.4. The lowest BCUT2D eigenvalue weighted by molar-refractivity contribution is -0.274. The molecule has 2 aromatic carbocycles. The lowest BCUT2D eigenvalue weighted by atomic mass is 9.88. The molecule has 2 amide bonds. The van der Waals surface area contributed by atoms with Gasteiger partial charge in [-0.2, -0.15) is 0 Å². The Hall–Kier alpha value is -3.23. The first-order valence-corrected chi connectivity index (χ1v) is 9.42. The van der Waals surface area contributed by atoms with Crippen LogP contribution in [0.3, 0.4) is 0 Å². The summed E-state index contributed by atoms with van der Waals surface area (Å²) in [5.41, 5.74) is 2.32. The Bertz CT molecular complexity index is 885. The Morgan fingerprint density at radius 1 is 1.00 bits per heavy atom. The smallest absolute Gasteiger partial charge is 0.484 e. The summed E-state index contributed by atoms with van der Waals surface area (Å²) in [6.07, 6.45) is -1.97. The van der Waals surface area contributed by atoms with Crippen molar-refractivity contribution in [3.63, 3.8) is 0 Å². The second kappa shape index (κ2) is 9.51. The lowest BCUT2D eigenvalue weighted by Gasteiger charge is -2.26. The average Bonchev–Trinajstić information content (AvgIpc) is 2.71. The molecular weight excluding hydrogens is 401 g/mol. The van der Waals surface area contributed by atoms with E-state index < -0.39 is 12.3 Å². The molecule has 9 heteroatoms. The molecule has 1 aliphatic carbocycles. The summed E-state index contributed by atoms with van der Waals surface area (Å²) >= 11 is 0. The summed E-state index contributed by atoms with van der Waals surface area (Å²) < 4.78 is 45.3. The normalized spacial score (nSPS) is 15.6. The van der Waals surface area contributed by atoms with Gasteiger partial charge in [-0.05, 0) is 54.7 Å².